The molecular formula is C12H18O. The van der Waals surface area contributed by atoms with Crippen molar-refractivity contribution in [3.63, 3.8) is 0 Å². The van der Waals surface area contributed by atoms with Crippen molar-refractivity contribution in [2.75, 3.05) is 0 Å². The Hall–Kier alpha value is -0.0400. The predicted octanol–water partition coefficient (Wildman–Crippen LogP) is 2.74. The van der Waals surface area contributed by atoms with Gasteiger partial charge >= 0.3 is 0 Å². The number of hydrogen-bond acceptors (Lipinski definition) is 1. The number of rotatable bonds is 0. The maximum absolute atomic E-state index is 6.03. The molecule has 0 aromatic carbocycles. The van der Waals surface area contributed by atoms with Gasteiger partial charge in [0.1, 0.15) is 0 Å². The molecule has 3 aliphatic carbocycles. The lowest BCUT2D eigenvalue weighted by atomic mass is 9.69. The molecule has 0 radical (unpaired) electrons. The summed E-state index contributed by atoms with van der Waals surface area (Å²) < 4.78 is 6.03. The van der Waals surface area contributed by atoms with Crippen LogP contribution >= 0.6 is 0 Å². The third kappa shape index (κ3) is 0.743. The van der Waals surface area contributed by atoms with E-state index < -0.39 is 0 Å². The fourth-order valence-corrected chi connectivity index (χ4v) is 4.79. The Labute approximate surface area is 79.8 Å². The molecule has 13 heavy (non-hydrogen) atoms. The molecule has 4 aliphatic rings. The molecule has 1 heteroatoms. The summed E-state index contributed by atoms with van der Waals surface area (Å²) in [6, 6.07) is 0. The first kappa shape index (κ1) is 7.28. The van der Waals surface area contributed by atoms with Crippen molar-refractivity contribution < 1.29 is 4.74 Å². The first-order valence-corrected chi connectivity index (χ1v) is 6.08. The van der Waals surface area contributed by atoms with Crippen LogP contribution in [0.5, 0.6) is 0 Å². The van der Waals surface area contributed by atoms with Gasteiger partial charge in [0.25, 0.3) is 0 Å². The highest BCUT2D eigenvalue weighted by Crippen LogP contribution is 2.65. The fourth-order valence-electron chi connectivity index (χ4n) is 4.79. The molecule has 1 saturated heterocycles. The molecule has 1 heterocycles. The highest BCUT2D eigenvalue weighted by Gasteiger charge is 2.68. The number of ether oxygens (including phenoxy) is 1. The van der Waals surface area contributed by atoms with Crippen molar-refractivity contribution in [2.24, 2.45) is 17.8 Å². The second kappa shape index (κ2) is 2.13. The Morgan fingerprint density at radius 1 is 1.08 bits per heavy atom. The number of epoxide rings is 1. The Bertz CT molecular complexity index is 250. The van der Waals surface area contributed by atoms with Crippen LogP contribution in [0.15, 0.2) is 0 Å². The summed E-state index contributed by atoms with van der Waals surface area (Å²) in [6.07, 6.45) is 11.0. The average molecular weight is 178 g/mol. The summed E-state index contributed by atoms with van der Waals surface area (Å²) in [5.41, 5.74) is 0.450. The summed E-state index contributed by atoms with van der Waals surface area (Å²) in [4.78, 5) is 0. The van der Waals surface area contributed by atoms with E-state index in [1.54, 1.807) is 0 Å². The third-order valence-corrected chi connectivity index (χ3v) is 5.31. The van der Waals surface area contributed by atoms with Gasteiger partial charge in [0.15, 0.2) is 0 Å². The van der Waals surface area contributed by atoms with Gasteiger partial charge in [0, 0.05) is 0 Å². The topological polar surface area (TPSA) is 12.5 Å². The van der Waals surface area contributed by atoms with E-state index in [1.807, 2.05) is 0 Å². The summed E-state index contributed by atoms with van der Waals surface area (Å²) in [5, 5.41) is 0. The molecule has 1 nitrogen and oxygen atoms in total. The molecule has 3 saturated carbocycles. The minimum Gasteiger partial charge on any atom is -0.366 e. The molecule has 1 aliphatic heterocycles. The molecular weight excluding hydrogens is 160 g/mol. The van der Waals surface area contributed by atoms with Crippen molar-refractivity contribution in [3.05, 3.63) is 0 Å². The molecule has 0 N–H and O–H groups in total. The largest absolute Gasteiger partial charge is 0.366 e. The van der Waals surface area contributed by atoms with Gasteiger partial charge in [0.2, 0.25) is 0 Å². The van der Waals surface area contributed by atoms with Crippen LogP contribution in [0.1, 0.15) is 44.9 Å². The van der Waals surface area contributed by atoms with Crippen molar-refractivity contribution in [2.45, 2.75) is 56.7 Å². The summed E-state index contributed by atoms with van der Waals surface area (Å²) >= 11 is 0. The lowest BCUT2D eigenvalue weighted by Crippen LogP contribution is -2.35. The lowest BCUT2D eigenvalue weighted by Gasteiger charge is -2.32. The Morgan fingerprint density at radius 2 is 2.08 bits per heavy atom. The molecule has 0 amide bonds. The molecule has 0 unspecified atom stereocenters. The SMILES string of the molecule is C1C[C@H]2C[C@H]3O[C@]34CCC[C@@H]4[C@H]2C1. The molecule has 1 spiro atoms. The molecule has 0 bridgehead atoms. The van der Waals surface area contributed by atoms with Crippen LogP contribution in [0.4, 0.5) is 0 Å². The summed E-state index contributed by atoms with van der Waals surface area (Å²) in [5.74, 6) is 3.11. The summed E-state index contributed by atoms with van der Waals surface area (Å²) in [6.45, 7) is 0. The van der Waals surface area contributed by atoms with E-state index >= 15 is 0 Å². The van der Waals surface area contributed by atoms with Gasteiger partial charge < -0.3 is 4.74 Å². The minimum absolute atomic E-state index is 0.450. The van der Waals surface area contributed by atoms with Gasteiger partial charge in [-0.1, -0.05) is 19.3 Å². The van der Waals surface area contributed by atoms with Gasteiger partial charge in [-0.25, -0.2) is 0 Å². The number of fused-ring (bicyclic) bond motifs is 2. The molecule has 0 aromatic rings. The molecule has 4 fully saturated rings. The monoisotopic (exact) mass is 178 g/mol. The smallest absolute Gasteiger partial charge is 0.0979 e. The van der Waals surface area contributed by atoms with E-state index in [0.29, 0.717) is 11.7 Å². The number of hydrogen-bond donors (Lipinski definition) is 0. The van der Waals surface area contributed by atoms with Crippen LogP contribution in [-0.4, -0.2) is 11.7 Å². The van der Waals surface area contributed by atoms with Crippen molar-refractivity contribution >= 4 is 0 Å². The van der Waals surface area contributed by atoms with E-state index in [-0.39, 0.29) is 0 Å². The minimum atomic E-state index is 0.450. The van der Waals surface area contributed by atoms with E-state index in [1.165, 1.54) is 44.9 Å². The quantitative estimate of drug-likeness (QED) is 0.520. The second-order valence-corrected chi connectivity index (χ2v) is 5.65. The summed E-state index contributed by atoms with van der Waals surface area (Å²) in [7, 11) is 0. The van der Waals surface area contributed by atoms with Crippen LogP contribution in [0.3, 0.4) is 0 Å². The van der Waals surface area contributed by atoms with Crippen LogP contribution in [0.25, 0.3) is 0 Å². The van der Waals surface area contributed by atoms with E-state index in [9.17, 15) is 0 Å². The zero-order chi connectivity index (χ0) is 8.47. The fraction of sp³-hybridized carbons (Fsp3) is 1.00. The Morgan fingerprint density at radius 3 is 3.08 bits per heavy atom. The lowest BCUT2D eigenvalue weighted by molar-refractivity contribution is 0.157. The maximum Gasteiger partial charge on any atom is 0.0979 e. The van der Waals surface area contributed by atoms with Crippen molar-refractivity contribution in [1.29, 1.82) is 0 Å². The standard InChI is InChI=1S/C12H18O/c1-3-8-7-11-12(13-11)6-2-5-10(12)9(8)4-1/h8-11H,1-7H2/t8-,9-,10+,11+,12-/m0/s1. The molecule has 4 rings (SSSR count). The van der Waals surface area contributed by atoms with E-state index in [0.717, 1.165) is 17.8 Å². The maximum atomic E-state index is 6.03. The van der Waals surface area contributed by atoms with E-state index in [2.05, 4.69) is 0 Å². The van der Waals surface area contributed by atoms with Crippen molar-refractivity contribution in [3.8, 4) is 0 Å². The van der Waals surface area contributed by atoms with Gasteiger partial charge in [-0.15, -0.1) is 0 Å². The normalized spacial score (nSPS) is 62.8. The zero-order valence-corrected chi connectivity index (χ0v) is 8.17. The molecule has 0 aromatic heterocycles. The van der Waals surface area contributed by atoms with E-state index in [4.69, 9.17) is 4.74 Å². The second-order valence-electron chi connectivity index (χ2n) is 5.65. The first-order valence-electron chi connectivity index (χ1n) is 6.08. The highest BCUT2D eigenvalue weighted by atomic mass is 16.6. The van der Waals surface area contributed by atoms with Gasteiger partial charge in [-0.3, -0.25) is 0 Å². The Kier molecular flexibility index (Phi) is 1.19. The highest BCUT2D eigenvalue weighted by molar-refractivity contribution is 5.17. The van der Waals surface area contributed by atoms with Crippen LogP contribution in [0.2, 0.25) is 0 Å². The van der Waals surface area contributed by atoms with Crippen LogP contribution < -0.4 is 0 Å². The zero-order valence-electron chi connectivity index (χ0n) is 8.17. The van der Waals surface area contributed by atoms with Crippen LogP contribution in [-0.2, 0) is 4.74 Å². The van der Waals surface area contributed by atoms with Gasteiger partial charge in [0.05, 0.1) is 11.7 Å². The van der Waals surface area contributed by atoms with Gasteiger partial charge in [-0.2, -0.15) is 0 Å². The Balaban J connectivity index is 1.72. The van der Waals surface area contributed by atoms with Crippen LogP contribution in [0, 0.1) is 17.8 Å². The molecule has 5 atom stereocenters. The van der Waals surface area contributed by atoms with Gasteiger partial charge in [-0.05, 0) is 43.4 Å². The third-order valence-electron chi connectivity index (χ3n) is 5.31. The van der Waals surface area contributed by atoms with Crippen molar-refractivity contribution in [1.82, 2.24) is 0 Å². The predicted molar refractivity (Wildman–Crippen MR) is 50.4 cm³/mol. The molecule has 72 valence electrons. The first-order chi connectivity index (χ1) is 6.40. The average Bonchev–Trinajstić information content (AvgIpc) is 2.52.